The van der Waals surface area contributed by atoms with Crippen LogP contribution in [0.15, 0.2) is 24.3 Å². The van der Waals surface area contributed by atoms with Gasteiger partial charge in [0.1, 0.15) is 5.82 Å². The third kappa shape index (κ3) is 4.66. The highest BCUT2D eigenvalue weighted by atomic mass is 19.1. The summed E-state index contributed by atoms with van der Waals surface area (Å²) in [6.07, 6.45) is 5.04. The van der Waals surface area contributed by atoms with Crippen molar-refractivity contribution in [1.82, 2.24) is 10.6 Å². The van der Waals surface area contributed by atoms with Gasteiger partial charge in [-0.1, -0.05) is 18.1 Å². The van der Waals surface area contributed by atoms with Crippen LogP contribution in [0.1, 0.15) is 18.5 Å². The molecule has 1 atom stereocenters. The number of terminal acetylenes is 1. The van der Waals surface area contributed by atoms with Crippen LogP contribution in [0, 0.1) is 18.2 Å². The van der Waals surface area contributed by atoms with E-state index in [9.17, 15) is 9.18 Å². The summed E-state index contributed by atoms with van der Waals surface area (Å²) in [7, 11) is 0. The van der Waals surface area contributed by atoms with Crippen LogP contribution in [0.5, 0.6) is 0 Å². The highest BCUT2D eigenvalue weighted by Gasteiger charge is 2.08. The van der Waals surface area contributed by atoms with E-state index in [4.69, 9.17) is 6.42 Å². The summed E-state index contributed by atoms with van der Waals surface area (Å²) < 4.78 is 12.7. The van der Waals surface area contributed by atoms with Crippen LogP contribution < -0.4 is 10.6 Å². The molecule has 1 rings (SSSR count). The van der Waals surface area contributed by atoms with Gasteiger partial charge in [-0.15, -0.1) is 6.42 Å². The summed E-state index contributed by atoms with van der Waals surface area (Å²) in [4.78, 5) is 11.5. The predicted octanol–water partition coefficient (Wildman–Crippen LogP) is 1.23. The Labute approximate surface area is 100 Å². The summed E-state index contributed by atoms with van der Waals surface area (Å²) in [5.74, 6) is 1.95. The molecule has 0 unspecified atom stereocenters. The van der Waals surface area contributed by atoms with Gasteiger partial charge in [0.25, 0.3) is 0 Å². The van der Waals surface area contributed by atoms with Gasteiger partial charge >= 0.3 is 0 Å². The number of nitrogens with one attached hydrogen (secondary N) is 2. The molecule has 0 radical (unpaired) electrons. The van der Waals surface area contributed by atoms with Gasteiger partial charge in [0, 0.05) is 0 Å². The molecule has 0 aliphatic carbocycles. The van der Waals surface area contributed by atoms with E-state index in [1.54, 1.807) is 12.1 Å². The molecular weight excluding hydrogens is 219 g/mol. The molecule has 0 bridgehead atoms. The minimum atomic E-state index is -0.289. The molecule has 2 N–H and O–H groups in total. The number of carbonyl (C=O) groups is 1. The molecule has 17 heavy (non-hydrogen) atoms. The molecule has 0 spiro atoms. The minimum Gasteiger partial charge on any atom is -0.348 e. The third-order valence-electron chi connectivity index (χ3n) is 2.26. The van der Waals surface area contributed by atoms with Crippen LogP contribution in [0.3, 0.4) is 0 Å². The normalized spacial score (nSPS) is 11.6. The van der Waals surface area contributed by atoms with Crippen molar-refractivity contribution < 1.29 is 9.18 Å². The Kier molecular flexibility index (Phi) is 5.18. The Morgan fingerprint density at radius 1 is 1.47 bits per heavy atom. The van der Waals surface area contributed by atoms with Crippen molar-refractivity contribution >= 4 is 5.91 Å². The fourth-order valence-electron chi connectivity index (χ4n) is 1.38. The van der Waals surface area contributed by atoms with Gasteiger partial charge in [-0.2, -0.15) is 0 Å². The fourth-order valence-corrected chi connectivity index (χ4v) is 1.38. The molecule has 0 heterocycles. The second-order valence-electron chi connectivity index (χ2n) is 3.65. The van der Waals surface area contributed by atoms with E-state index < -0.39 is 0 Å². The number of benzene rings is 1. The fraction of sp³-hybridized carbons (Fsp3) is 0.308. The molecule has 1 aromatic rings. The number of halogens is 1. The zero-order valence-corrected chi connectivity index (χ0v) is 9.66. The molecule has 0 saturated carbocycles. The lowest BCUT2D eigenvalue weighted by Crippen LogP contribution is -2.35. The first-order valence-electron chi connectivity index (χ1n) is 5.32. The van der Waals surface area contributed by atoms with Crippen molar-refractivity contribution in [1.29, 1.82) is 0 Å². The van der Waals surface area contributed by atoms with E-state index in [1.165, 1.54) is 12.1 Å². The van der Waals surface area contributed by atoms with Crippen molar-refractivity contribution in [3.8, 4) is 12.3 Å². The largest absolute Gasteiger partial charge is 0.348 e. The van der Waals surface area contributed by atoms with Crippen LogP contribution in [0.25, 0.3) is 0 Å². The maximum atomic E-state index is 12.7. The van der Waals surface area contributed by atoms with Crippen molar-refractivity contribution in [3.63, 3.8) is 0 Å². The molecule has 0 fully saturated rings. The maximum Gasteiger partial charge on any atom is 0.234 e. The first kappa shape index (κ1) is 13.2. The zero-order chi connectivity index (χ0) is 12.7. The molecule has 0 aliphatic heterocycles. The summed E-state index contributed by atoms with van der Waals surface area (Å²) >= 11 is 0. The zero-order valence-electron chi connectivity index (χ0n) is 9.66. The van der Waals surface area contributed by atoms with E-state index in [2.05, 4.69) is 16.6 Å². The second-order valence-corrected chi connectivity index (χ2v) is 3.65. The smallest absolute Gasteiger partial charge is 0.234 e. The standard InChI is InChI=1S/C13H15FN2O/c1-3-8-15-9-13(17)16-10(2)11-4-6-12(14)7-5-11/h1,4-7,10,15H,8-9H2,2H3,(H,16,17)/t10-/m0/s1. The van der Waals surface area contributed by atoms with Gasteiger partial charge in [0.2, 0.25) is 5.91 Å². The third-order valence-corrected chi connectivity index (χ3v) is 2.26. The Bertz CT molecular complexity index is 408. The van der Waals surface area contributed by atoms with Gasteiger partial charge in [0.05, 0.1) is 19.1 Å². The SMILES string of the molecule is C#CCNCC(=O)N[C@@H](C)c1ccc(F)cc1. The van der Waals surface area contributed by atoms with Gasteiger partial charge < -0.3 is 5.32 Å². The lowest BCUT2D eigenvalue weighted by Gasteiger charge is -2.14. The van der Waals surface area contributed by atoms with Crippen molar-refractivity contribution in [3.05, 3.63) is 35.6 Å². The topological polar surface area (TPSA) is 41.1 Å². The van der Waals surface area contributed by atoms with Gasteiger partial charge in [0.15, 0.2) is 0 Å². The Balaban J connectivity index is 2.43. The summed E-state index contributed by atoms with van der Waals surface area (Å²) in [6.45, 7) is 2.38. The van der Waals surface area contributed by atoms with Crippen molar-refractivity contribution in [2.75, 3.05) is 13.1 Å². The van der Waals surface area contributed by atoms with Gasteiger partial charge in [-0.25, -0.2) is 4.39 Å². The molecule has 1 aromatic carbocycles. The van der Waals surface area contributed by atoms with Crippen LogP contribution >= 0.6 is 0 Å². The lowest BCUT2D eigenvalue weighted by molar-refractivity contribution is -0.120. The van der Waals surface area contributed by atoms with Crippen LogP contribution in [-0.4, -0.2) is 19.0 Å². The van der Waals surface area contributed by atoms with Crippen molar-refractivity contribution in [2.45, 2.75) is 13.0 Å². The maximum absolute atomic E-state index is 12.7. The average molecular weight is 234 g/mol. The van der Waals surface area contributed by atoms with Crippen LogP contribution in [-0.2, 0) is 4.79 Å². The highest BCUT2D eigenvalue weighted by Crippen LogP contribution is 2.12. The Hall–Kier alpha value is -1.86. The Morgan fingerprint density at radius 3 is 2.71 bits per heavy atom. The first-order chi connectivity index (χ1) is 8.13. The summed E-state index contributed by atoms with van der Waals surface area (Å²) in [5.41, 5.74) is 0.858. The van der Waals surface area contributed by atoms with Crippen LogP contribution in [0.4, 0.5) is 4.39 Å². The molecule has 0 saturated heterocycles. The van der Waals surface area contributed by atoms with E-state index in [1.807, 2.05) is 6.92 Å². The predicted molar refractivity (Wildman–Crippen MR) is 64.7 cm³/mol. The number of rotatable bonds is 5. The molecule has 0 aliphatic rings. The minimum absolute atomic E-state index is 0.142. The quantitative estimate of drug-likeness (QED) is 0.594. The van der Waals surface area contributed by atoms with E-state index in [0.717, 1.165) is 5.56 Å². The molecule has 90 valence electrons. The first-order valence-corrected chi connectivity index (χ1v) is 5.32. The van der Waals surface area contributed by atoms with Gasteiger partial charge in [-0.3, -0.25) is 10.1 Å². The van der Waals surface area contributed by atoms with Crippen LogP contribution in [0.2, 0.25) is 0 Å². The molecule has 1 amide bonds. The number of amides is 1. The molecule has 0 aromatic heterocycles. The Morgan fingerprint density at radius 2 is 2.12 bits per heavy atom. The van der Waals surface area contributed by atoms with E-state index >= 15 is 0 Å². The monoisotopic (exact) mass is 234 g/mol. The number of carbonyl (C=O) groups excluding carboxylic acids is 1. The van der Waals surface area contributed by atoms with E-state index in [0.29, 0.717) is 6.54 Å². The van der Waals surface area contributed by atoms with E-state index in [-0.39, 0.29) is 24.3 Å². The summed E-state index contributed by atoms with van der Waals surface area (Å²) in [5, 5.41) is 5.57. The number of hydrogen-bond donors (Lipinski definition) is 2. The average Bonchev–Trinajstić information content (AvgIpc) is 2.30. The molecule has 4 heteroatoms. The molecular formula is C13H15FN2O. The lowest BCUT2D eigenvalue weighted by atomic mass is 10.1. The summed E-state index contributed by atoms with van der Waals surface area (Å²) in [6, 6.07) is 5.88. The molecule has 3 nitrogen and oxygen atoms in total. The van der Waals surface area contributed by atoms with Crippen molar-refractivity contribution in [2.24, 2.45) is 0 Å². The number of hydrogen-bond acceptors (Lipinski definition) is 2. The highest BCUT2D eigenvalue weighted by molar-refractivity contribution is 5.78. The second kappa shape index (κ2) is 6.66. The van der Waals surface area contributed by atoms with Gasteiger partial charge in [-0.05, 0) is 24.6 Å².